The minimum absolute atomic E-state index is 0. The van der Waals surface area contributed by atoms with Gasteiger partial charge in [-0.1, -0.05) is 0 Å². The van der Waals surface area contributed by atoms with Crippen LogP contribution in [0.15, 0.2) is 0 Å². The topological polar surface area (TPSA) is 189 Å². The summed E-state index contributed by atoms with van der Waals surface area (Å²) in [5, 5.41) is 0. The van der Waals surface area contributed by atoms with Crippen LogP contribution in [-0.2, 0) is 17.1 Å². The summed E-state index contributed by atoms with van der Waals surface area (Å²) in [5.41, 5.74) is 0. The van der Waals surface area contributed by atoms with E-state index in [9.17, 15) is 0 Å². The Bertz CT molecular complexity index is 8.49. The van der Waals surface area contributed by atoms with Crippen LogP contribution in [0.1, 0.15) is 1.43 Å². The molecule has 55 valence electrons. The first kappa shape index (κ1) is 3670. The molecule has 7 heteroatoms. The first-order valence-electron chi connectivity index (χ1n) is 0. The summed E-state index contributed by atoms with van der Waals surface area (Å²) in [5.74, 6) is 0. The van der Waals surface area contributed by atoms with Gasteiger partial charge in [-0.25, -0.2) is 0 Å². The fraction of sp³-hybridized carbons (Fsp3) is 0. The van der Waals surface area contributed by atoms with E-state index in [1.807, 2.05) is 0 Å². The van der Waals surface area contributed by atoms with E-state index >= 15 is 0 Å². The van der Waals surface area contributed by atoms with Crippen molar-refractivity contribution in [3.8, 4) is 0 Å². The average molecular weight is 164 g/mol. The van der Waals surface area contributed by atoms with E-state index in [4.69, 9.17) is 0 Å². The summed E-state index contributed by atoms with van der Waals surface area (Å²) in [4.78, 5) is 0. The standard InChI is InChI=1S/Mn.6H2O/h;6*1H2/p+1. The minimum atomic E-state index is 0. The van der Waals surface area contributed by atoms with Crippen LogP contribution in [0, 0.1) is 0 Å². The van der Waals surface area contributed by atoms with Crippen molar-refractivity contribution in [2.24, 2.45) is 0 Å². The molecular weight excluding hydrogens is 151 g/mol. The molecule has 0 aromatic carbocycles. The summed E-state index contributed by atoms with van der Waals surface area (Å²) in [6, 6.07) is 0. The summed E-state index contributed by atoms with van der Waals surface area (Å²) in [6.45, 7) is 0. The summed E-state index contributed by atoms with van der Waals surface area (Å²) in [6.07, 6.45) is 0. The van der Waals surface area contributed by atoms with Gasteiger partial charge in [-0.2, -0.15) is 0 Å². The quantitative estimate of drug-likeness (QED) is 0.310. The molecule has 0 heterocycles. The Morgan fingerprint density at radius 3 is 0.429 bits per heavy atom. The normalized spacial score (nSPS) is 0. The van der Waals surface area contributed by atoms with Gasteiger partial charge < -0.3 is 32.9 Å². The molecule has 0 bridgehead atoms. The maximum Gasteiger partial charge on any atom is 1.00 e. The maximum absolute atomic E-state index is 0. The van der Waals surface area contributed by atoms with Gasteiger partial charge in [0, 0.05) is 17.1 Å². The fourth-order valence-electron chi connectivity index (χ4n) is 0. The monoisotopic (exact) mass is 164 g/mol. The molecule has 12 N–H and O–H groups in total. The molecule has 6 nitrogen and oxygen atoms in total. The molecule has 1 radical (unpaired) electrons. The van der Waals surface area contributed by atoms with Crippen LogP contribution in [0.4, 0.5) is 0 Å². The van der Waals surface area contributed by atoms with Crippen LogP contribution in [0.5, 0.6) is 0 Å². The third-order valence-electron chi connectivity index (χ3n) is 0. The van der Waals surface area contributed by atoms with Crippen molar-refractivity contribution in [2.75, 3.05) is 0 Å². The first-order valence-corrected chi connectivity index (χ1v) is 0. The van der Waals surface area contributed by atoms with E-state index in [0.717, 1.165) is 0 Å². The molecule has 0 aliphatic heterocycles. The predicted octanol–water partition coefficient (Wildman–Crippen LogP) is -4.84. The van der Waals surface area contributed by atoms with Gasteiger partial charge >= 0.3 is 1.43 Å². The second-order valence-electron chi connectivity index (χ2n) is 0. The number of rotatable bonds is 0. The van der Waals surface area contributed by atoms with Crippen molar-refractivity contribution in [2.45, 2.75) is 0 Å². The van der Waals surface area contributed by atoms with Crippen molar-refractivity contribution in [1.82, 2.24) is 0 Å². The molecule has 0 saturated carbocycles. The van der Waals surface area contributed by atoms with Crippen LogP contribution in [0.2, 0.25) is 0 Å². The van der Waals surface area contributed by atoms with Gasteiger partial charge in [0.05, 0.1) is 0 Å². The molecule has 0 aliphatic carbocycles. The summed E-state index contributed by atoms with van der Waals surface area (Å²) in [7, 11) is 0. The average Bonchev–Trinajstić information content (AvgIpc) is 0. The third kappa shape index (κ3) is 1470. The predicted molar refractivity (Wildman–Crippen MR) is 22.8 cm³/mol. The zero-order chi connectivity index (χ0) is 0. The molecule has 0 atom stereocenters. The Kier molecular flexibility index (Phi) is 1180000. The Morgan fingerprint density at radius 1 is 0.429 bits per heavy atom. The van der Waals surface area contributed by atoms with Gasteiger partial charge in [0.25, 0.3) is 0 Å². The molecular formula is H13MnO6+. The Labute approximate surface area is 52.3 Å². The van der Waals surface area contributed by atoms with Crippen molar-refractivity contribution < 1.29 is 51.4 Å². The van der Waals surface area contributed by atoms with Crippen LogP contribution in [-0.4, -0.2) is 32.9 Å². The van der Waals surface area contributed by atoms with E-state index in [2.05, 4.69) is 0 Å². The Balaban J connectivity index is 0. The van der Waals surface area contributed by atoms with Gasteiger partial charge in [-0.15, -0.1) is 0 Å². The summed E-state index contributed by atoms with van der Waals surface area (Å²) >= 11 is 0. The van der Waals surface area contributed by atoms with Gasteiger partial charge in [0.15, 0.2) is 0 Å². The van der Waals surface area contributed by atoms with Gasteiger partial charge in [0.1, 0.15) is 0 Å². The molecule has 0 aromatic heterocycles. The molecule has 0 aromatic rings. The Morgan fingerprint density at radius 2 is 0.429 bits per heavy atom. The number of hydrogen-bond acceptors (Lipinski definition) is 0. The molecule has 7 heavy (non-hydrogen) atoms. The van der Waals surface area contributed by atoms with Crippen LogP contribution in [0.25, 0.3) is 0 Å². The van der Waals surface area contributed by atoms with E-state index in [-0.39, 0.29) is 51.4 Å². The van der Waals surface area contributed by atoms with Crippen molar-refractivity contribution in [1.29, 1.82) is 0 Å². The molecule has 0 saturated heterocycles. The second-order valence-corrected chi connectivity index (χ2v) is 0. The Hall–Kier alpha value is 0.279. The van der Waals surface area contributed by atoms with Crippen molar-refractivity contribution in [3.05, 3.63) is 0 Å². The van der Waals surface area contributed by atoms with Gasteiger partial charge in [-0.3, -0.25) is 0 Å². The summed E-state index contributed by atoms with van der Waals surface area (Å²) < 4.78 is 0. The SMILES string of the molecule is O.O.O.O.O.O.[H+].[Mn]. The number of hydrogen-bond donors (Lipinski definition) is 0. The fourth-order valence-corrected chi connectivity index (χ4v) is 0. The van der Waals surface area contributed by atoms with Crippen molar-refractivity contribution >= 4 is 0 Å². The first-order chi connectivity index (χ1) is 0. The van der Waals surface area contributed by atoms with Crippen LogP contribution in [0.3, 0.4) is 0 Å². The van der Waals surface area contributed by atoms with Crippen molar-refractivity contribution in [3.63, 3.8) is 0 Å². The third-order valence-corrected chi connectivity index (χ3v) is 0. The minimum Gasteiger partial charge on any atom is -0.412 e. The zero-order valence-electron chi connectivity index (χ0n) is 4.38. The van der Waals surface area contributed by atoms with E-state index < -0.39 is 0 Å². The molecule has 0 fully saturated rings. The largest absolute Gasteiger partial charge is 1.00 e. The maximum atomic E-state index is 0. The molecule has 0 unspecified atom stereocenters. The van der Waals surface area contributed by atoms with E-state index in [1.165, 1.54) is 0 Å². The van der Waals surface area contributed by atoms with Crippen LogP contribution >= 0.6 is 0 Å². The molecule has 0 rings (SSSR count). The van der Waals surface area contributed by atoms with Crippen LogP contribution < -0.4 is 0 Å². The van der Waals surface area contributed by atoms with E-state index in [0.29, 0.717) is 0 Å². The molecule has 0 spiro atoms. The smallest absolute Gasteiger partial charge is 0.412 e. The second kappa shape index (κ2) is 2240. The van der Waals surface area contributed by atoms with Gasteiger partial charge in [0.2, 0.25) is 0 Å². The zero-order valence-corrected chi connectivity index (χ0v) is 4.56. The van der Waals surface area contributed by atoms with E-state index in [1.54, 1.807) is 0 Å². The molecule has 0 amide bonds. The van der Waals surface area contributed by atoms with Gasteiger partial charge in [-0.05, 0) is 0 Å². The molecule has 0 aliphatic rings.